The third kappa shape index (κ3) is 1.65. The van der Waals surface area contributed by atoms with Crippen molar-refractivity contribution in [3.63, 3.8) is 0 Å². The maximum atomic E-state index is 10.9. The SMILES string of the molecule is CCN1CC[C@@]2(CC[C@H](C(=O)O)C2)C1. The number of likely N-dealkylation sites (tertiary alicyclic amines) is 1. The molecular weight excluding hydrogens is 178 g/mol. The van der Waals surface area contributed by atoms with E-state index in [1.165, 1.54) is 13.0 Å². The second kappa shape index (κ2) is 3.54. The number of carboxylic acids is 1. The zero-order valence-electron chi connectivity index (χ0n) is 8.83. The second-order valence-electron chi connectivity index (χ2n) is 4.90. The molecule has 1 spiro atoms. The predicted molar refractivity (Wildman–Crippen MR) is 54.1 cm³/mol. The van der Waals surface area contributed by atoms with Crippen LogP contribution in [0.1, 0.15) is 32.6 Å². The summed E-state index contributed by atoms with van der Waals surface area (Å²) < 4.78 is 0. The summed E-state index contributed by atoms with van der Waals surface area (Å²) in [6.07, 6.45) is 4.15. The number of rotatable bonds is 2. The first kappa shape index (κ1) is 9.97. The Kier molecular flexibility index (Phi) is 2.52. The molecule has 0 aromatic heterocycles. The van der Waals surface area contributed by atoms with Crippen LogP contribution in [0.4, 0.5) is 0 Å². The van der Waals surface area contributed by atoms with Crippen molar-refractivity contribution in [2.45, 2.75) is 32.6 Å². The van der Waals surface area contributed by atoms with Gasteiger partial charge in [0.15, 0.2) is 0 Å². The Labute approximate surface area is 85.1 Å². The van der Waals surface area contributed by atoms with Crippen LogP contribution in [0.5, 0.6) is 0 Å². The molecule has 1 N–H and O–H groups in total. The standard InChI is InChI=1S/C11H19NO2/c1-2-12-6-5-11(8-12)4-3-9(7-11)10(13)14/h9H,2-8H2,1H3,(H,13,14)/t9-,11+/m0/s1. The maximum Gasteiger partial charge on any atom is 0.306 e. The first-order valence-electron chi connectivity index (χ1n) is 5.60. The van der Waals surface area contributed by atoms with E-state index in [0.29, 0.717) is 5.41 Å². The molecule has 0 amide bonds. The van der Waals surface area contributed by atoms with Gasteiger partial charge in [-0.2, -0.15) is 0 Å². The van der Waals surface area contributed by atoms with Gasteiger partial charge < -0.3 is 10.0 Å². The molecule has 0 aromatic carbocycles. The Morgan fingerprint density at radius 3 is 2.86 bits per heavy atom. The fourth-order valence-electron chi connectivity index (χ4n) is 3.09. The summed E-state index contributed by atoms with van der Waals surface area (Å²) in [6, 6.07) is 0. The minimum atomic E-state index is -0.586. The molecule has 1 saturated heterocycles. The van der Waals surface area contributed by atoms with Crippen LogP contribution in [-0.4, -0.2) is 35.6 Å². The number of aliphatic carboxylic acids is 1. The van der Waals surface area contributed by atoms with Gasteiger partial charge in [0.2, 0.25) is 0 Å². The van der Waals surface area contributed by atoms with Crippen molar-refractivity contribution in [2.75, 3.05) is 19.6 Å². The molecular formula is C11H19NO2. The van der Waals surface area contributed by atoms with Gasteiger partial charge in [0, 0.05) is 6.54 Å². The lowest BCUT2D eigenvalue weighted by molar-refractivity contribution is -0.141. The molecule has 2 atom stereocenters. The van der Waals surface area contributed by atoms with E-state index in [0.717, 1.165) is 32.4 Å². The van der Waals surface area contributed by atoms with Crippen molar-refractivity contribution in [1.29, 1.82) is 0 Å². The van der Waals surface area contributed by atoms with Gasteiger partial charge in [-0.05, 0) is 44.2 Å². The van der Waals surface area contributed by atoms with Crippen LogP contribution >= 0.6 is 0 Å². The highest BCUT2D eigenvalue weighted by atomic mass is 16.4. The molecule has 0 unspecified atom stereocenters. The predicted octanol–water partition coefficient (Wildman–Crippen LogP) is 1.58. The number of hydrogen-bond donors (Lipinski definition) is 1. The van der Waals surface area contributed by atoms with Gasteiger partial charge in [-0.25, -0.2) is 0 Å². The van der Waals surface area contributed by atoms with Crippen LogP contribution in [0.3, 0.4) is 0 Å². The summed E-state index contributed by atoms with van der Waals surface area (Å²) in [5, 5.41) is 8.97. The van der Waals surface area contributed by atoms with E-state index >= 15 is 0 Å². The molecule has 1 aliphatic heterocycles. The zero-order chi connectivity index (χ0) is 10.2. The topological polar surface area (TPSA) is 40.5 Å². The van der Waals surface area contributed by atoms with Crippen LogP contribution in [0.25, 0.3) is 0 Å². The molecule has 0 aromatic rings. The average Bonchev–Trinajstić information content (AvgIpc) is 2.74. The van der Waals surface area contributed by atoms with Crippen LogP contribution < -0.4 is 0 Å². The first-order chi connectivity index (χ1) is 6.65. The van der Waals surface area contributed by atoms with Crippen LogP contribution in [0.15, 0.2) is 0 Å². The molecule has 1 aliphatic carbocycles. The van der Waals surface area contributed by atoms with Crippen LogP contribution in [-0.2, 0) is 4.79 Å². The Morgan fingerprint density at radius 1 is 1.57 bits per heavy atom. The molecule has 80 valence electrons. The summed E-state index contributed by atoms with van der Waals surface area (Å²) in [5.41, 5.74) is 0.360. The van der Waals surface area contributed by atoms with E-state index in [4.69, 9.17) is 5.11 Å². The largest absolute Gasteiger partial charge is 0.481 e. The van der Waals surface area contributed by atoms with Crippen LogP contribution in [0, 0.1) is 11.3 Å². The van der Waals surface area contributed by atoms with Crippen molar-refractivity contribution >= 4 is 5.97 Å². The summed E-state index contributed by atoms with van der Waals surface area (Å²) >= 11 is 0. The van der Waals surface area contributed by atoms with Gasteiger partial charge in [-0.3, -0.25) is 4.79 Å². The van der Waals surface area contributed by atoms with Crippen molar-refractivity contribution < 1.29 is 9.90 Å². The van der Waals surface area contributed by atoms with Crippen molar-refractivity contribution in [2.24, 2.45) is 11.3 Å². The van der Waals surface area contributed by atoms with Gasteiger partial charge in [0.1, 0.15) is 0 Å². The summed E-state index contributed by atoms with van der Waals surface area (Å²) in [6.45, 7) is 5.60. The Hall–Kier alpha value is -0.570. The Balaban J connectivity index is 1.97. The van der Waals surface area contributed by atoms with Gasteiger partial charge in [-0.1, -0.05) is 6.92 Å². The number of nitrogens with zero attached hydrogens (tertiary/aromatic N) is 1. The van der Waals surface area contributed by atoms with E-state index < -0.39 is 5.97 Å². The van der Waals surface area contributed by atoms with E-state index in [-0.39, 0.29) is 5.92 Å². The van der Waals surface area contributed by atoms with Gasteiger partial charge >= 0.3 is 5.97 Å². The van der Waals surface area contributed by atoms with E-state index in [1.807, 2.05) is 0 Å². The van der Waals surface area contributed by atoms with Gasteiger partial charge in [0.25, 0.3) is 0 Å². The lowest BCUT2D eigenvalue weighted by Crippen LogP contribution is -2.25. The molecule has 1 saturated carbocycles. The van der Waals surface area contributed by atoms with Crippen molar-refractivity contribution in [3.8, 4) is 0 Å². The molecule has 0 radical (unpaired) electrons. The number of carboxylic acid groups (broad SMARTS) is 1. The first-order valence-corrected chi connectivity index (χ1v) is 5.60. The molecule has 3 heteroatoms. The molecule has 0 bridgehead atoms. The van der Waals surface area contributed by atoms with Crippen molar-refractivity contribution in [3.05, 3.63) is 0 Å². The smallest absolute Gasteiger partial charge is 0.306 e. The highest BCUT2D eigenvalue weighted by Crippen LogP contribution is 2.47. The summed E-state index contributed by atoms with van der Waals surface area (Å²) in [5.74, 6) is -0.649. The normalized spacial score (nSPS) is 38.2. The summed E-state index contributed by atoms with van der Waals surface area (Å²) in [4.78, 5) is 13.3. The fourth-order valence-corrected chi connectivity index (χ4v) is 3.09. The van der Waals surface area contributed by atoms with Gasteiger partial charge in [-0.15, -0.1) is 0 Å². The Bertz CT molecular complexity index is 241. The molecule has 14 heavy (non-hydrogen) atoms. The number of carbonyl (C=O) groups is 1. The third-order valence-corrected chi connectivity index (χ3v) is 4.02. The molecule has 1 heterocycles. The minimum absolute atomic E-state index is 0.0631. The molecule has 3 nitrogen and oxygen atoms in total. The Morgan fingerprint density at radius 2 is 2.36 bits per heavy atom. The lowest BCUT2D eigenvalue weighted by atomic mass is 9.84. The maximum absolute atomic E-state index is 10.9. The van der Waals surface area contributed by atoms with Crippen molar-refractivity contribution in [1.82, 2.24) is 4.90 Å². The highest BCUT2D eigenvalue weighted by Gasteiger charge is 2.45. The second-order valence-corrected chi connectivity index (χ2v) is 4.90. The zero-order valence-corrected chi connectivity index (χ0v) is 8.83. The molecule has 2 rings (SSSR count). The number of hydrogen-bond acceptors (Lipinski definition) is 2. The molecule has 2 aliphatic rings. The quantitative estimate of drug-likeness (QED) is 0.730. The lowest BCUT2D eigenvalue weighted by Gasteiger charge is -2.23. The van der Waals surface area contributed by atoms with Crippen LogP contribution in [0.2, 0.25) is 0 Å². The third-order valence-electron chi connectivity index (χ3n) is 4.02. The average molecular weight is 197 g/mol. The minimum Gasteiger partial charge on any atom is -0.481 e. The summed E-state index contributed by atoms with van der Waals surface area (Å²) in [7, 11) is 0. The fraction of sp³-hybridized carbons (Fsp3) is 0.909. The van der Waals surface area contributed by atoms with E-state index in [1.54, 1.807) is 0 Å². The monoisotopic (exact) mass is 197 g/mol. The van der Waals surface area contributed by atoms with E-state index in [2.05, 4.69) is 11.8 Å². The van der Waals surface area contributed by atoms with E-state index in [9.17, 15) is 4.79 Å². The highest BCUT2D eigenvalue weighted by molar-refractivity contribution is 5.70. The molecule has 2 fully saturated rings. The van der Waals surface area contributed by atoms with Gasteiger partial charge in [0.05, 0.1) is 5.92 Å².